The molecule has 1 unspecified atom stereocenters. The number of hydrogen-bond donors (Lipinski definition) is 0. The van der Waals surface area contributed by atoms with Crippen molar-refractivity contribution >= 4 is 37.8 Å². The van der Waals surface area contributed by atoms with Crippen molar-refractivity contribution in [3.8, 4) is 5.75 Å². The highest BCUT2D eigenvalue weighted by Gasteiger charge is 2.39. The smallest absolute Gasteiger partial charge is 0.406 e. The van der Waals surface area contributed by atoms with Crippen LogP contribution in [0.5, 0.6) is 5.75 Å². The van der Waals surface area contributed by atoms with Crippen LogP contribution in [0.2, 0.25) is 0 Å². The second-order valence-electron chi connectivity index (χ2n) is 6.58. The maximum atomic E-state index is 13.1. The lowest BCUT2D eigenvalue weighted by Gasteiger charge is -2.24. The zero-order valence-electron chi connectivity index (χ0n) is 16.7. The van der Waals surface area contributed by atoms with Crippen LogP contribution in [-0.2, 0) is 21.0 Å². The average Bonchev–Trinajstić information content (AvgIpc) is 2.65. The van der Waals surface area contributed by atoms with E-state index >= 15 is 0 Å². The fourth-order valence-electron chi connectivity index (χ4n) is 2.71. The Kier molecular flexibility index (Phi) is 7.53. The monoisotopic (exact) mass is 561 g/mol. The molecule has 2 rings (SSSR count). The summed E-state index contributed by atoms with van der Waals surface area (Å²) < 4.78 is 105. The second-order valence-corrected chi connectivity index (χ2v) is 9.54. The Morgan fingerprint density at radius 3 is 1.97 bits per heavy atom. The van der Waals surface area contributed by atoms with E-state index in [1.807, 2.05) is 0 Å². The van der Waals surface area contributed by atoms with Gasteiger partial charge >= 0.3 is 12.5 Å². The topological polar surface area (TPSA) is 80.8 Å². The number of nitrogens with zero attached hydrogens (tertiary/aromatic N) is 1. The van der Waals surface area contributed by atoms with Gasteiger partial charge in [-0.15, -0.1) is 13.2 Å². The third kappa shape index (κ3) is 6.25. The van der Waals surface area contributed by atoms with E-state index in [1.54, 1.807) is 0 Å². The molecule has 0 fully saturated rings. The van der Waals surface area contributed by atoms with E-state index in [4.69, 9.17) is 0 Å². The van der Waals surface area contributed by atoms with E-state index in [9.17, 15) is 44.3 Å². The number of amides is 2. The molecule has 6 nitrogen and oxygen atoms in total. The molecule has 2 aromatic rings. The summed E-state index contributed by atoms with van der Waals surface area (Å²) in [4.78, 5) is 24.8. The normalized spacial score (nSPS) is 13.4. The van der Waals surface area contributed by atoms with Crippen molar-refractivity contribution in [3.05, 3.63) is 63.6 Å². The van der Waals surface area contributed by atoms with Gasteiger partial charge in [-0.25, -0.2) is 8.42 Å². The van der Waals surface area contributed by atoms with Crippen LogP contribution in [-0.4, -0.2) is 30.9 Å². The fraction of sp³-hybridized carbons (Fsp3) is 0.263. The number of ether oxygens (including phenoxy) is 1. The summed E-state index contributed by atoms with van der Waals surface area (Å²) in [6, 6.07) is 5.24. The molecule has 0 N–H and O–H groups in total. The average molecular weight is 562 g/mol. The first kappa shape index (κ1) is 26.6. The lowest BCUT2D eigenvalue weighted by atomic mass is 10.1. The minimum Gasteiger partial charge on any atom is -0.406 e. The van der Waals surface area contributed by atoms with Crippen LogP contribution in [0.4, 0.5) is 26.3 Å². The molecule has 2 aromatic carbocycles. The van der Waals surface area contributed by atoms with Crippen LogP contribution < -0.4 is 4.74 Å². The Bertz CT molecular complexity index is 1160. The molecule has 2 amide bonds. The van der Waals surface area contributed by atoms with Crippen LogP contribution in [0.3, 0.4) is 0 Å². The second kappa shape index (κ2) is 9.33. The summed E-state index contributed by atoms with van der Waals surface area (Å²) in [5.41, 5.74) is -1.69. The standard InChI is InChI=1S/C19H14BrF6NO5S/c1-10(15-8-7-14(9-16(15)20)32-19(24,25)26)33(30,31)27(11(2)28)17(29)12-3-5-13(6-4-12)18(21,22)23/h3-10H,1-2H3. The minimum atomic E-state index is -4.99. The number of rotatable bonds is 5. The summed E-state index contributed by atoms with van der Waals surface area (Å²) in [6.45, 7) is 1.84. The van der Waals surface area contributed by atoms with Gasteiger partial charge in [0.2, 0.25) is 5.91 Å². The van der Waals surface area contributed by atoms with Gasteiger partial charge in [0.15, 0.2) is 0 Å². The van der Waals surface area contributed by atoms with Crippen LogP contribution in [0, 0.1) is 0 Å². The number of carbonyl (C=O) groups excluding carboxylic acids is 2. The van der Waals surface area contributed by atoms with Gasteiger partial charge in [0.25, 0.3) is 15.9 Å². The zero-order chi connectivity index (χ0) is 25.4. The van der Waals surface area contributed by atoms with E-state index in [-0.39, 0.29) is 14.3 Å². The molecule has 0 bridgehead atoms. The summed E-state index contributed by atoms with van der Waals surface area (Å²) in [5.74, 6) is -3.27. The molecule has 0 heterocycles. The van der Waals surface area contributed by atoms with Crippen molar-refractivity contribution in [2.24, 2.45) is 0 Å². The van der Waals surface area contributed by atoms with E-state index in [1.165, 1.54) is 0 Å². The molecule has 0 saturated carbocycles. The predicted octanol–water partition coefficient (Wildman–Crippen LogP) is 5.45. The number of sulfonamides is 1. The van der Waals surface area contributed by atoms with Crippen LogP contribution in [0.25, 0.3) is 0 Å². The van der Waals surface area contributed by atoms with Gasteiger partial charge in [-0.05, 0) is 48.9 Å². The molecule has 0 saturated heterocycles. The quantitative estimate of drug-likeness (QED) is 0.454. The zero-order valence-corrected chi connectivity index (χ0v) is 19.1. The molecule has 0 aromatic heterocycles. The minimum absolute atomic E-state index is 0.101. The highest BCUT2D eigenvalue weighted by Crippen LogP contribution is 2.35. The number of halogens is 7. The van der Waals surface area contributed by atoms with Crippen molar-refractivity contribution in [3.63, 3.8) is 0 Å². The molecule has 0 spiro atoms. The Labute approximate surface area is 192 Å². The van der Waals surface area contributed by atoms with Crippen LogP contribution in [0.15, 0.2) is 46.9 Å². The third-order valence-electron chi connectivity index (χ3n) is 4.27. The largest absolute Gasteiger partial charge is 0.573 e. The number of alkyl halides is 6. The van der Waals surface area contributed by atoms with Gasteiger partial charge in [-0.2, -0.15) is 17.5 Å². The number of imide groups is 1. The molecule has 0 aliphatic rings. The van der Waals surface area contributed by atoms with Crippen LogP contribution >= 0.6 is 15.9 Å². The predicted molar refractivity (Wildman–Crippen MR) is 106 cm³/mol. The lowest BCUT2D eigenvalue weighted by molar-refractivity contribution is -0.274. The maximum absolute atomic E-state index is 13.1. The fourth-order valence-corrected chi connectivity index (χ4v) is 5.10. The van der Waals surface area contributed by atoms with E-state index in [0.29, 0.717) is 12.1 Å². The Morgan fingerprint density at radius 1 is 1.00 bits per heavy atom. The first-order valence-electron chi connectivity index (χ1n) is 8.76. The summed E-state index contributed by atoms with van der Waals surface area (Å²) >= 11 is 2.94. The molecular weight excluding hydrogens is 548 g/mol. The Balaban J connectivity index is 2.42. The van der Waals surface area contributed by atoms with Crippen molar-refractivity contribution < 1.29 is 49.1 Å². The maximum Gasteiger partial charge on any atom is 0.573 e. The summed E-state index contributed by atoms with van der Waals surface area (Å²) in [7, 11) is -4.79. The summed E-state index contributed by atoms with van der Waals surface area (Å²) in [5, 5.41) is -1.62. The van der Waals surface area contributed by atoms with Crippen molar-refractivity contribution in [1.82, 2.24) is 4.31 Å². The van der Waals surface area contributed by atoms with Crippen molar-refractivity contribution in [2.75, 3.05) is 0 Å². The van der Waals surface area contributed by atoms with Gasteiger partial charge in [0.1, 0.15) is 11.0 Å². The first-order valence-corrected chi connectivity index (χ1v) is 11.1. The van der Waals surface area contributed by atoms with Crippen molar-refractivity contribution in [2.45, 2.75) is 31.6 Å². The molecule has 33 heavy (non-hydrogen) atoms. The molecule has 0 radical (unpaired) electrons. The van der Waals surface area contributed by atoms with Gasteiger partial charge in [0.05, 0.1) is 5.56 Å². The SMILES string of the molecule is CC(=O)N(C(=O)c1ccc(C(F)(F)F)cc1)S(=O)(=O)C(C)c1ccc(OC(F)(F)F)cc1Br. The molecular formula is C19H14BrF6NO5S. The number of benzene rings is 2. The molecule has 180 valence electrons. The van der Waals surface area contributed by atoms with Gasteiger partial charge < -0.3 is 4.74 Å². The molecule has 14 heteroatoms. The lowest BCUT2D eigenvalue weighted by Crippen LogP contribution is -2.42. The summed E-state index contributed by atoms with van der Waals surface area (Å²) in [6.07, 6.45) is -9.69. The van der Waals surface area contributed by atoms with E-state index in [2.05, 4.69) is 20.7 Å². The van der Waals surface area contributed by atoms with E-state index in [0.717, 1.165) is 44.2 Å². The number of carbonyl (C=O) groups is 2. The Morgan fingerprint density at radius 2 is 1.55 bits per heavy atom. The Hall–Kier alpha value is -2.61. The molecule has 0 aliphatic carbocycles. The highest BCUT2D eigenvalue weighted by molar-refractivity contribution is 9.10. The van der Waals surface area contributed by atoms with Gasteiger partial charge in [0, 0.05) is 17.0 Å². The molecule has 1 atom stereocenters. The van der Waals surface area contributed by atoms with E-state index < -0.39 is 56.5 Å². The van der Waals surface area contributed by atoms with Crippen molar-refractivity contribution in [1.29, 1.82) is 0 Å². The third-order valence-corrected chi connectivity index (χ3v) is 7.04. The highest BCUT2D eigenvalue weighted by atomic mass is 79.9. The first-order chi connectivity index (χ1) is 14.9. The van der Waals surface area contributed by atoms with Gasteiger partial charge in [-0.3, -0.25) is 9.59 Å². The van der Waals surface area contributed by atoms with Gasteiger partial charge in [-0.1, -0.05) is 22.0 Å². The van der Waals surface area contributed by atoms with Crippen LogP contribution in [0.1, 0.15) is 40.6 Å². The number of hydrogen-bond acceptors (Lipinski definition) is 5. The molecule has 0 aliphatic heterocycles.